The molecule has 134 valence electrons. The number of hydrogen-bond acceptors (Lipinski definition) is 6. The van der Waals surface area contributed by atoms with Crippen LogP contribution in [0.2, 0.25) is 5.02 Å². The van der Waals surface area contributed by atoms with E-state index in [0.29, 0.717) is 10.6 Å². The van der Waals surface area contributed by atoms with Crippen LogP contribution in [0.4, 0.5) is 0 Å². The van der Waals surface area contributed by atoms with Crippen LogP contribution < -0.4 is 4.74 Å². The molecule has 2 aromatic carbocycles. The van der Waals surface area contributed by atoms with E-state index in [4.69, 9.17) is 25.8 Å². The molecule has 0 spiro atoms. The van der Waals surface area contributed by atoms with Gasteiger partial charge in [0.25, 0.3) is 0 Å². The number of ether oxygens (including phenoxy) is 3. The van der Waals surface area contributed by atoms with Gasteiger partial charge in [0.15, 0.2) is 0 Å². The van der Waals surface area contributed by atoms with Crippen LogP contribution in [0, 0.1) is 0 Å². The SMILES string of the molecule is CC(=O)OC1C(=O)c2cc(Cl)ccc2OC1(OC(C)=O)c1ccccc1. The summed E-state index contributed by atoms with van der Waals surface area (Å²) in [6.45, 7) is 2.34. The van der Waals surface area contributed by atoms with Crippen molar-refractivity contribution in [1.29, 1.82) is 0 Å². The minimum Gasteiger partial charge on any atom is -0.445 e. The quantitative estimate of drug-likeness (QED) is 0.767. The average Bonchev–Trinajstić information content (AvgIpc) is 2.59. The van der Waals surface area contributed by atoms with Crippen LogP contribution in [0.1, 0.15) is 29.8 Å². The average molecular weight is 375 g/mol. The van der Waals surface area contributed by atoms with Crippen molar-refractivity contribution in [3.8, 4) is 5.75 Å². The molecule has 3 rings (SSSR count). The van der Waals surface area contributed by atoms with Gasteiger partial charge in [-0.3, -0.25) is 14.4 Å². The molecule has 0 bridgehead atoms. The maximum absolute atomic E-state index is 13.1. The second kappa shape index (κ2) is 6.80. The minimum atomic E-state index is -1.93. The molecule has 0 radical (unpaired) electrons. The van der Waals surface area contributed by atoms with Crippen LogP contribution in [0.5, 0.6) is 5.75 Å². The standard InChI is InChI=1S/C19H15ClO6/c1-11(21)24-18-17(23)15-10-14(20)8-9-16(15)26-19(18,25-12(2)22)13-6-4-3-5-7-13/h3-10,18H,1-2H3. The van der Waals surface area contributed by atoms with Gasteiger partial charge in [-0.25, -0.2) is 0 Å². The number of carbonyl (C=O) groups excluding carboxylic acids is 3. The predicted molar refractivity (Wildman–Crippen MR) is 91.9 cm³/mol. The lowest BCUT2D eigenvalue weighted by Gasteiger charge is -2.41. The number of hydrogen-bond donors (Lipinski definition) is 0. The number of ketones is 1. The Kier molecular flexibility index (Phi) is 4.70. The number of benzene rings is 2. The Bertz CT molecular complexity index is 879. The molecule has 1 aliphatic rings. The molecule has 0 saturated carbocycles. The molecule has 1 aliphatic heterocycles. The smallest absolute Gasteiger partial charge is 0.326 e. The van der Waals surface area contributed by atoms with E-state index >= 15 is 0 Å². The molecule has 0 fully saturated rings. The maximum atomic E-state index is 13.1. The molecule has 0 aliphatic carbocycles. The summed E-state index contributed by atoms with van der Waals surface area (Å²) in [4.78, 5) is 36.5. The highest BCUT2D eigenvalue weighted by Crippen LogP contribution is 2.43. The molecule has 1 heterocycles. The Morgan fingerprint density at radius 2 is 1.77 bits per heavy atom. The third-order valence-corrected chi connectivity index (χ3v) is 4.04. The molecule has 0 aromatic heterocycles. The highest BCUT2D eigenvalue weighted by Gasteiger charge is 2.56. The van der Waals surface area contributed by atoms with Gasteiger partial charge in [0.05, 0.1) is 5.56 Å². The number of Topliss-reactive ketones (excluding diaryl/α,β-unsaturated/α-hetero) is 1. The van der Waals surface area contributed by atoms with E-state index in [1.807, 2.05) is 0 Å². The first-order chi connectivity index (χ1) is 12.3. The normalized spacial score (nSPS) is 21.3. The number of esters is 2. The Morgan fingerprint density at radius 3 is 2.38 bits per heavy atom. The van der Waals surface area contributed by atoms with E-state index in [1.54, 1.807) is 36.4 Å². The second-order valence-electron chi connectivity index (χ2n) is 5.72. The molecular formula is C19H15ClO6. The molecule has 0 amide bonds. The van der Waals surface area contributed by atoms with Gasteiger partial charge in [-0.05, 0) is 18.2 Å². The number of fused-ring (bicyclic) bond motifs is 1. The number of rotatable bonds is 3. The minimum absolute atomic E-state index is 0.141. The van der Waals surface area contributed by atoms with E-state index in [9.17, 15) is 14.4 Å². The van der Waals surface area contributed by atoms with E-state index in [0.717, 1.165) is 6.92 Å². The summed E-state index contributed by atoms with van der Waals surface area (Å²) < 4.78 is 16.6. The van der Waals surface area contributed by atoms with Crippen molar-refractivity contribution in [3.05, 3.63) is 64.7 Å². The predicted octanol–water partition coefficient (Wildman–Crippen LogP) is 3.26. The van der Waals surface area contributed by atoms with Crippen molar-refractivity contribution in [2.75, 3.05) is 0 Å². The molecule has 26 heavy (non-hydrogen) atoms. The summed E-state index contributed by atoms with van der Waals surface area (Å²) in [6.07, 6.45) is -1.52. The van der Waals surface area contributed by atoms with Gasteiger partial charge in [0, 0.05) is 24.4 Å². The zero-order chi connectivity index (χ0) is 18.9. The van der Waals surface area contributed by atoms with Crippen LogP contribution in [-0.4, -0.2) is 23.8 Å². The van der Waals surface area contributed by atoms with Crippen molar-refractivity contribution in [1.82, 2.24) is 0 Å². The third kappa shape index (κ3) is 3.15. The largest absolute Gasteiger partial charge is 0.445 e. The monoisotopic (exact) mass is 374 g/mol. The van der Waals surface area contributed by atoms with Crippen LogP contribution in [0.25, 0.3) is 0 Å². The summed E-state index contributed by atoms with van der Waals surface area (Å²) in [7, 11) is 0. The van der Waals surface area contributed by atoms with Crippen molar-refractivity contribution in [3.63, 3.8) is 0 Å². The lowest BCUT2D eigenvalue weighted by atomic mass is 9.90. The first-order valence-corrected chi connectivity index (χ1v) is 8.16. The number of halogens is 1. The fourth-order valence-electron chi connectivity index (χ4n) is 2.84. The fourth-order valence-corrected chi connectivity index (χ4v) is 3.01. The fraction of sp³-hybridized carbons (Fsp3) is 0.211. The lowest BCUT2D eigenvalue weighted by Crippen LogP contribution is -2.56. The zero-order valence-electron chi connectivity index (χ0n) is 14.0. The second-order valence-corrected chi connectivity index (χ2v) is 6.16. The van der Waals surface area contributed by atoms with Gasteiger partial charge in [0.1, 0.15) is 5.75 Å². The molecule has 6 nitrogen and oxygen atoms in total. The van der Waals surface area contributed by atoms with Gasteiger partial charge in [0.2, 0.25) is 11.9 Å². The van der Waals surface area contributed by atoms with Gasteiger partial charge < -0.3 is 14.2 Å². The van der Waals surface area contributed by atoms with Crippen molar-refractivity contribution < 1.29 is 28.6 Å². The summed E-state index contributed by atoms with van der Waals surface area (Å²) in [5.41, 5.74) is 0.498. The molecule has 0 N–H and O–H groups in total. The Labute approximate surface area is 154 Å². The van der Waals surface area contributed by atoms with Crippen LogP contribution in [-0.2, 0) is 24.8 Å². The van der Waals surface area contributed by atoms with Gasteiger partial charge >= 0.3 is 17.7 Å². The molecule has 7 heteroatoms. The summed E-state index contributed by atoms with van der Waals surface area (Å²) >= 11 is 5.97. The first kappa shape index (κ1) is 17.9. The van der Waals surface area contributed by atoms with Crippen LogP contribution in [0.15, 0.2) is 48.5 Å². The van der Waals surface area contributed by atoms with Crippen molar-refractivity contribution in [2.45, 2.75) is 25.7 Å². The maximum Gasteiger partial charge on any atom is 0.326 e. The molecule has 2 aromatic rings. The first-order valence-electron chi connectivity index (χ1n) is 7.78. The lowest BCUT2D eigenvalue weighted by molar-refractivity contribution is -0.238. The molecule has 0 saturated heterocycles. The highest BCUT2D eigenvalue weighted by molar-refractivity contribution is 6.31. The zero-order valence-corrected chi connectivity index (χ0v) is 14.8. The van der Waals surface area contributed by atoms with Gasteiger partial charge in [-0.2, -0.15) is 0 Å². The van der Waals surface area contributed by atoms with Crippen molar-refractivity contribution in [2.24, 2.45) is 0 Å². The summed E-state index contributed by atoms with van der Waals surface area (Å²) in [6, 6.07) is 12.8. The van der Waals surface area contributed by atoms with Crippen LogP contribution >= 0.6 is 11.6 Å². The summed E-state index contributed by atoms with van der Waals surface area (Å²) in [5, 5.41) is 0.321. The van der Waals surface area contributed by atoms with Crippen LogP contribution in [0.3, 0.4) is 0 Å². The summed E-state index contributed by atoms with van der Waals surface area (Å²) in [5.74, 6) is -3.75. The van der Waals surface area contributed by atoms with E-state index in [1.165, 1.54) is 19.1 Å². The van der Waals surface area contributed by atoms with Crippen molar-refractivity contribution >= 4 is 29.3 Å². The highest BCUT2D eigenvalue weighted by atomic mass is 35.5. The van der Waals surface area contributed by atoms with E-state index < -0.39 is 29.6 Å². The Balaban J connectivity index is 2.25. The Hall–Kier alpha value is -2.86. The molecule has 2 unspecified atom stereocenters. The van der Waals surface area contributed by atoms with Gasteiger partial charge in [-0.1, -0.05) is 41.9 Å². The topological polar surface area (TPSA) is 78.9 Å². The van der Waals surface area contributed by atoms with E-state index in [-0.39, 0.29) is 11.3 Å². The third-order valence-electron chi connectivity index (χ3n) is 3.81. The van der Waals surface area contributed by atoms with E-state index in [2.05, 4.69) is 0 Å². The van der Waals surface area contributed by atoms with Gasteiger partial charge in [-0.15, -0.1) is 0 Å². The Morgan fingerprint density at radius 1 is 1.08 bits per heavy atom. The molecule has 2 atom stereocenters. The molecular weight excluding hydrogens is 360 g/mol. The number of carbonyl (C=O) groups is 3.